The number of carbonyl (C=O) groups is 4. The maximum absolute atomic E-state index is 13.5. The Kier molecular flexibility index (Phi) is 12.7. The van der Waals surface area contributed by atoms with Gasteiger partial charge < -0.3 is 33.2 Å². The zero-order chi connectivity index (χ0) is 39.8. The average Bonchev–Trinajstić information content (AvgIpc) is 4.14. The van der Waals surface area contributed by atoms with Crippen LogP contribution in [-0.4, -0.2) is 95.9 Å². The van der Waals surface area contributed by atoms with Gasteiger partial charge in [0.2, 0.25) is 0 Å². The largest absolute Gasteiger partial charge is 0.466 e. The van der Waals surface area contributed by atoms with E-state index in [4.69, 9.17) is 33.2 Å². The normalized spacial score (nSPS) is 37.6. The minimum atomic E-state index is -0.804. The van der Waals surface area contributed by atoms with E-state index in [-0.39, 0.29) is 66.3 Å². The lowest BCUT2D eigenvalue weighted by Crippen LogP contribution is -2.70. The topological polar surface area (TPSA) is 143 Å². The van der Waals surface area contributed by atoms with Gasteiger partial charge in [0.05, 0.1) is 32.2 Å². The molecule has 0 N–H and O–H groups in total. The number of esters is 4. The first kappa shape index (κ1) is 41.9. The predicted molar refractivity (Wildman–Crippen MR) is 215 cm³/mol. The van der Waals surface area contributed by atoms with Crippen molar-refractivity contribution in [2.24, 2.45) is 17.3 Å². The van der Waals surface area contributed by atoms with E-state index >= 15 is 0 Å². The monoisotopic (exact) mass is 832 g/mol. The standard InChI is InChI=1S/C44H64O11S2/c1-28(2)42-37(54-42)38-44(55-38)41(3)22-20-30-31(27-51-39(30)48)32(41)26-33-43(44,53-33)40(42)52-36(47)19-18-35(46)50-24-15-11-9-7-5-4-6-8-10-14-23-49-34(45)17-13-12-16-29-21-25-56-57-29/h28-29,32-33,37-38,40H,4-27H2,1-3H3/t29?,32-,33?,37-,38-,40+,41-,42-,43+,44+/m0/s1. The lowest BCUT2D eigenvalue weighted by molar-refractivity contribution is -0.170. The molecule has 0 radical (unpaired) electrons. The summed E-state index contributed by atoms with van der Waals surface area (Å²) in [5.74, 6) is 0.371. The number of cyclic esters (lactones) is 1. The van der Waals surface area contributed by atoms with Crippen LogP contribution in [0.3, 0.4) is 0 Å². The van der Waals surface area contributed by atoms with Gasteiger partial charge in [-0.25, -0.2) is 4.79 Å². The third-order valence-electron chi connectivity index (χ3n) is 14.8. The van der Waals surface area contributed by atoms with Crippen LogP contribution in [0, 0.1) is 17.3 Å². The minimum Gasteiger partial charge on any atom is -0.466 e. The number of hydrogen-bond donors (Lipinski definition) is 0. The summed E-state index contributed by atoms with van der Waals surface area (Å²) in [5.41, 5.74) is -0.547. The molecule has 4 saturated heterocycles. The number of ether oxygens (including phenoxy) is 7. The molecule has 10 atom stereocenters. The molecule has 2 spiro atoms. The van der Waals surface area contributed by atoms with Gasteiger partial charge in [-0.1, -0.05) is 100 Å². The molecular formula is C44H64O11S2. The molecule has 5 aliphatic heterocycles. The van der Waals surface area contributed by atoms with Crippen LogP contribution in [0.5, 0.6) is 0 Å². The zero-order valence-corrected chi connectivity index (χ0v) is 36.0. The van der Waals surface area contributed by atoms with E-state index in [1.165, 1.54) is 50.7 Å². The Balaban J connectivity index is 0.676. The van der Waals surface area contributed by atoms with Gasteiger partial charge in [0.15, 0.2) is 11.7 Å². The van der Waals surface area contributed by atoms with E-state index in [1.807, 2.05) is 21.6 Å². The van der Waals surface area contributed by atoms with Gasteiger partial charge in [0, 0.05) is 28.4 Å². The highest BCUT2D eigenvalue weighted by atomic mass is 33.1. The molecule has 11 nitrogen and oxygen atoms in total. The first-order valence-corrected chi connectivity index (χ1v) is 24.7. The second-order valence-corrected chi connectivity index (χ2v) is 21.2. The Labute approximate surface area is 346 Å². The van der Waals surface area contributed by atoms with Crippen LogP contribution in [0.2, 0.25) is 0 Å². The Morgan fingerprint density at radius 1 is 0.807 bits per heavy atom. The van der Waals surface area contributed by atoms with Crippen molar-refractivity contribution < 1.29 is 52.3 Å². The van der Waals surface area contributed by atoms with Gasteiger partial charge in [0.25, 0.3) is 0 Å². The molecule has 2 unspecified atom stereocenters. The molecule has 0 aromatic carbocycles. The molecule has 6 fully saturated rings. The summed E-state index contributed by atoms with van der Waals surface area (Å²) in [6.45, 7) is 7.69. The zero-order valence-electron chi connectivity index (χ0n) is 34.3. The molecule has 0 aromatic heterocycles. The van der Waals surface area contributed by atoms with E-state index < -0.39 is 28.9 Å². The number of carbonyl (C=O) groups excluding carboxylic acids is 4. The van der Waals surface area contributed by atoms with E-state index in [0.717, 1.165) is 74.2 Å². The van der Waals surface area contributed by atoms with Crippen molar-refractivity contribution >= 4 is 45.5 Å². The summed E-state index contributed by atoms with van der Waals surface area (Å²) in [6.07, 6.45) is 17.0. The Morgan fingerprint density at radius 3 is 2.14 bits per heavy atom. The van der Waals surface area contributed by atoms with Gasteiger partial charge in [-0.3, -0.25) is 14.4 Å². The molecular weight excluding hydrogens is 769 g/mol. The van der Waals surface area contributed by atoms with Gasteiger partial charge in [-0.05, 0) is 68.8 Å². The highest BCUT2D eigenvalue weighted by Crippen LogP contribution is 2.83. The van der Waals surface area contributed by atoms with Gasteiger partial charge >= 0.3 is 23.9 Å². The summed E-state index contributed by atoms with van der Waals surface area (Å²) >= 11 is 0. The first-order chi connectivity index (χ1) is 27.6. The van der Waals surface area contributed by atoms with E-state index in [2.05, 4.69) is 20.8 Å². The van der Waals surface area contributed by atoms with Gasteiger partial charge in [0.1, 0.15) is 30.0 Å². The first-order valence-electron chi connectivity index (χ1n) is 22.3. The Bertz CT molecular complexity index is 1560. The number of unbranched alkanes of at least 4 members (excludes halogenated alkanes) is 10. The number of hydrogen-bond acceptors (Lipinski definition) is 13. The lowest BCUT2D eigenvalue weighted by Gasteiger charge is -2.53. The summed E-state index contributed by atoms with van der Waals surface area (Å²) in [4.78, 5) is 50.5. The molecule has 2 saturated carbocycles. The number of epoxide rings is 3. The molecule has 3 aliphatic carbocycles. The SMILES string of the molecule is CC(C)[C@]12O[C@H]1[C@@H]1O[C@@]13[C@@]1(C)CCC4=C(COC4=O)[C@@H]1CC1O[C@@]13[C@@H]2OC(=O)CCC(=O)OCCCCCCCCCCCCOC(=O)CCCCC1CCSS1. The van der Waals surface area contributed by atoms with Gasteiger partial charge in [-0.15, -0.1) is 0 Å². The van der Waals surface area contributed by atoms with Crippen LogP contribution in [0.4, 0.5) is 0 Å². The smallest absolute Gasteiger partial charge is 0.334 e. The average molecular weight is 833 g/mol. The molecule has 0 bridgehead atoms. The van der Waals surface area contributed by atoms with Crippen LogP contribution in [-0.2, 0) is 52.3 Å². The quantitative estimate of drug-likeness (QED) is 0.0322. The number of rotatable bonds is 23. The predicted octanol–water partition coefficient (Wildman–Crippen LogP) is 8.14. The molecule has 8 aliphatic rings. The summed E-state index contributed by atoms with van der Waals surface area (Å²) < 4.78 is 42.7. The van der Waals surface area contributed by atoms with Crippen molar-refractivity contribution in [3.05, 3.63) is 11.1 Å². The number of fused-ring (bicyclic) bond motifs is 4. The third-order valence-corrected chi connectivity index (χ3v) is 17.8. The molecule has 57 heavy (non-hydrogen) atoms. The van der Waals surface area contributed by atoms with E-state index in [9.17, 15) is 19.2 Å². The van der Waals surface area contributed by atoms with Crippen LogP contribution in [0.1, 0.15) is 149 Å². The molecule has 13 heteroatoms. The third kappa shape index (κ3) is 7.73. The summed E-state index contributed by atoms with van der Waals surface area (Å²) in [5, 5.41) is 0.782. The Morgan fingerprint density at radius 2 is 1.47 bits per heavy atom. The molecule has 5 heterocycles. The lowest BCUT2D eigenvalue weighted by atomic mass is 9.46. The Hall–Kier alpha value is -1.80. The molecule has 0 amide bonds. The molecule has 8 rings (SSSR count). The highest BCUT2D eigenvalue weighted by molar-refractivity contribution is 8.77. The maximum Gasteiger partial charge on any atom is 0.334 e. The van der Waals surface area contributed by atoms with Crippen LogP contribution in [0.15, 0.2) is 11.1 Å². The fourth-order valence-corrected chi connectivity index (χ4v) is 14.6. The summed E-state index contributed by atoms with van der Waals surface area (Å²) in [7, 11) is 3.98. The second-order valence-electron chi connectivity index (χ2n) is 18.4. The fourth-order valence-electron chi connectivity index (χ4n) is 11.6. The molecule has 318 valence electrons. The van der Waals surface area contributed by atoms with Crippen molar-refractivity contribution in [1.82, 2.24) is 0 Å². The van der Waals surface area contributed by atoms with E-state index in [1.54, 1.807) is 0 Å². The van der Waals surface area contributed by atoms with Crippen molar-refractivity contribution in [2.45, 2.75) is 196 Å². The van der Waals surface area contributed by atoms with Crippen molar-refractivity contribution in [1.29, 1.82) is 0 Å². The van der Waals surface area contributed by atoms with Crippen LogP contribution >= 0.6 is 21.6 Å². The minimum absolute atomic E-state index is 0.0294. The van der Waals surface area contributed by atoms with Crippen LogP contribution in [0.25, 0.3) is 0 Å². The highest BCUT2D eigenvalue weighted by Gasteiger charge is 3.01. The van der Waals surface area contributed by atoms with Crippen LogP contribution < -0.4 is 0 Å². The molecule has 0 aromatic rings. The summed E-state index contributed by atoms with van der Waals surface area (Å²) in [6, 6.07) is 0. The van der Waals surface area contributed by atoms with Gasteiger partial charge in [-0.2, -0.15) is 0 Å². The second kappa shape index (κ2) is 17.3. The van der Waals surface area contributed by atoms with E-state index in [0.29, 0.717) is 32.7 Å². The van der Waals surface area contributed by atoms with Crippen molar-refractivity contribution in [2.75, 3.05) is 25.6 Å². The fraction of sp³-hybridized carbons (Fsp3) is 0.864. The maximum atomic E-state index is 13.5. The van der Waals surface area contributed by atoms with Crippen molar-refractivity contribution in [3.8, 4) is 0 Å². The van der Waals surface area contributed by atoms with Crippen molar-refractivity contribution in [3.63, 3.8) is 0 Å².